The van der Waals surface area contributed by atoms with E-state index in [1.807, 2.05) is 109 Å². The van der Waals surface area contributed by atoms with Gasteiger partial charge < -0.3 is 34.1 Å². The third-order valence-electron chi connectivity index (χ3n) is 8.23. The highest BCUT2D eigenvalue weighted by Crippen LogP contribution is 2.25. The quantitative estimate of drug-likeness (QED) is 0.0639. The average Bonchev–Trinajstić information content (AvgIpc) is 3.13. The molecule has 0 saturated heterocycles. The molecule has 0 bridgehead atoms. The van der Waals surface area contributed by atoms with Gasteiger partial charge in [0.15, 0.2) is 12.4 Å². The fraction of sp³-hybridized carbons (Fsp3) is 0.250. The Balaban J connectivity index is 0.843. The largest absolute Gasteiger partial charge is 0.618 e. The van der Waals surface area contributed by atoms with E-state index in [1.54, 1.807) is 12.4 Å². The molecule has 9 nitrogen and oxygen atoms in total. The van der Waals surface area contributed by atoms with E-state index in [4.69, 9.17) is 23.7 Å². The van der Waals surface area contributed by atoms with Gasteiger partial charge in [0.1, 0.15) is 24.7 Å². The minimum absolute atomic E-state index is 0.384. The van der Waals surface area contributed by atoms with Gasteiger partial charge in [0.2, 0.25) is 11.4 Å². The predicted octanol–water partition coefficient (Wildman–Crippen LogP) is 5.95. The van der Waals surface area contributed by atoms with Gasteiger partial charge in [-0.05, 0) is 35.0 Å². The number of rotatable bonds is 18. The smallest absolute Gasteiger partial charge is 0.205 e. The number of aromatic nitrogens is 2. The van der Waals surface area contributed by atoms with E-state index in [-0.39, 0.29) is 0 Å². The zero-order valence-corrected chi connectivity index (χ0v) is 27.4. The van der Waals surface area contributed by atoms with Gasteiger partial charge in [-0.1, -0.05) is 72.8 Å². The van der Waals surface area contributed by atoms with Crippen LogP contribution in [0, 0.1) is 10.4 Å². The predicted molar refractivity (Wildman–Crippen MR) is 188 cm³/mol. The number of ether oxygens (including phenoxy) is 5. The summed E-state index contributed by atoms with van der Waals surface area (Å²) in [6.45, 7) is 3.37. The Labute approximate surface area is 286 Å². The van der Waals surface area contributed by atoms with Crippen molar-refractivity contribution in [1.29, 1.82) is 0 Å². The highest BCUT2D eigenvalue weighted by atomic mass is 16.6. The summed E-state index contributed by atoms with van der Waals surface area (Å²) in [5, 5.41) is 29.1. The normalized spacial score (nSPS) is 11.3. The molecule has 2 aromatic heterocycles. The summed E-state index contributed by atoms with van der Waals surface area (Å²) in [5.41, 5.74) is 3.27. The van der Waals surface area contributed by atoms with E-state index in [2.05, 4.69) is 0 Å². The standard InChI is InChI=1S/C40H40N2O7/c43-41-19-17-31-9-1-5-13-35(31)37(41)29-33-11-3-7-15-39(33)48-27-25-46-23-21-45-22-24-47-26-28-49-40-16-8-4-12-34(40)30-38-36-14-6-2-10-32(36)18-20-42(38)44/h1-20H,21-30H2. The van der Waals surface area contributed by atoms with Gasteiger partial charge in [-0.25, -0.2) is 0 Å². The Morgan fingerprint density at radius 2 is 0.776 bits per heavy atom. The Bertz CT molecular complexity index is 1820. The van der Waals surface area contributed by atoms with Crippen LogP contribution in [0.1, 0.15) is 22.5 Å². The second-order valence-electron chi connectivity index (χ2n) is 11.5. The van der Waals surface area contributed by atoms with Crippen molar-refractivity contribution in [2.75, 3.05) is 52.9 Å². The van der Waals surface area contributed by atoms with E-state index in [9.17, 15) is 10.4 Å². The fourth-order valence-electron chi connectivity index (χ4n) is 5.78. The van der Waals surface area contributed by atoms with E-state index >= 15 is 0 Å². The van der Waals surface area contributed by atoms with E-state index in [0.29, 0.717) is 77.1 Å². The van der Waals surface area contributed by atoms with Crippen LogP contribution in [0.2, 0.25) is 0 Å². The molecule has 0 saturated carbocycles. The van der Waals surface area contributed by atoms with Crippen molar-refractivity contribution in [3.63, 3.8) is 0 Å². The van der Waals surface area contributed by atoms with Gasteiger partial charge in [0.05, 0.1) is 63.3 Å². The van der Waals surface area contributed by atoms with Crippen LogP contribution in [0.4, 0.5) is 0 Å². The highest BCUT2D eigenvalue weighted by molar-refractivity contribution is 5.84. The van der Waals surface area contributed by atoms with Crippen molar-refractivity contribution in [2.24, 2.45) is 0 Å². The Morgan fingerprint density at radius 3 is 1.22 bits per heavy atom. The molecule has 0 aliphatic carbocycles. The second kappa shape index (κ2) is 17.3. The lowest BCUT2D eigenvalue weighted by Crippen LogP contribution is -2.31. The van der Waals surface area contributed by atoms with Crippen molar-refractivity contribution >= 4 is 21.5 Å². The molecular formula is C40H40N2O7. The first-order chi connectivity index (χ1) is 24.2. The van der Waals surface area contributed by atoms with Crippen molar-refractivity contribution in [3.05, 3.63) is 155 Å². The summed E-state index contributed by atoms with van der Waals surface area (Å²) in [6.07, 6.45) is 4.04. The zero-order chi connectivity index (χ0) is 33.7. The fourth-order valence-corrected chi connectivity index (χ4v) is 5.78. The lowest BCUT2D eigenvalue weighted by molar-refractivity contribution is -0.612. The Kier molecular flexibility index (Phi) is 11.9. The minimum atomic E-state index is 0.384. The Morgan fingerprint density at radius 1 is 0.408 bits per heavy atom. The van der Waals surface area contributed by atoms with Crippen molar-refractivity contribution in [1.82, 2.24) is 0 Å². The molecule has 6 rings (SSSR count). The number of hydrogen-bond donors (Lipinski definition) is 0. The van der Waals surface area contributed by atoms with Crippen LogP contribution in [-0.2, 0) is 27.1 Å². The van der Waals surface area contributed by atoms with Gasteiger partial charge in [-0.3, -0.25) is 0 Å². The minimum Gasteiger partial charge on any atom is -0.618 e. The summed E-state index contributed by atoms with van der Waals surface area (Å²) in [4.78, 5) is 0. The van der Waals surface area contributed by atoms with Crippen molar-refractivity contribution in [3.8, 4) is 11.5 Å². The first kappa shape index (κ1) is 33.7. The molecule has 0 aliphatic heterocycles. The molecule has 0 radical (unpaired) electrons. The molecule has 2 heterocycles. The molecule has 0 amide bonds. The summed E-state index contributed by atoms with van der Waals surface area (Å²) in [5.74, 6) is 1.47. The molecule has 9 heteroatoms. The van der Waals surface area contributed by atoms with Crippen LogP contribution in [0.5, 0.6) is 11.5 Å². The van der Waals surface area contributed by atoms with Crippen molar-refractivity contribution < 1.29 is 33.1 Å². The van der Waals surface area contributed by atoms with Gasteiger partial charge in [0, 0.05) is 23.3 Å². The van der Waals surface area contributed by atoms with Crippen LogP contribution in [0.15, 0.2) is 122 Å². The summed E-state index contributed by atoms with van der Waals surface area (Å²) < 4.78 is 30.9. The average molecular weight is 661 g/mol. The maximum Gasteiger partial charge on any atom is 0.205 e. The van der Waals surface area contributed by atoms with Gasteiger partial charge in [0.25, 0.3) is 0 Å². The number of pyridine rings is 2. The SMILES string of the molecule is [O-][n+]1ccc2ccccc2c1Cc1ccccc1OCCOCCOCCOCCOc1ccccc1Cc1c2ccccc2cc[n+]1[O-]. The first-order valence-electron chi connectivity index (χ1n) is 16.5. The molecule has 0 spiro atoms. The van der Waals surface area contributed by atoms with E-state index in [1.165, 1.54) is 0 Å². The number of nitrogens with zero attached hydrogens (tertiary/aromatic N) is 2. The highest BCUT2D eigenvalue weighted by Gasteiger charge is 2.16. The number of para-hydroxylation sites is 2. The van der Waals surface area contributed by atoms with Gasteiger partial charge in [-0.2, -0.15) is 9.46 Å². The number of hydrogen-bond acceptors (Lipinski definition) is 7. The summed E-state index contributed by atoms with van der Waals surface area (Å²) >= 11 is 0. The maximum atomic E-state index is 12.6. The molecule has 4 aromatic carbocycles. The molecule has 0 aliphatic rings. The first-order valence-corrected chi connectivity index (χ1v) is 16.5. The van der Waals surface area contributed by atoms with Crippen molar-refractivity contribution in [2.45, 2.75) is 12.8 Å². The lowest BCUT2D eigenvalue weighted by atomic mass is 10.0. The monoisotopic (exact) mass is 660 g/mol. The zero-order valence-electron chi connectivity index (χ0n) is 27.4. The molecule has 0 atom stereocenters. The van der Waals surface area contributed by atoms with Gasteiger partial charge in [-0.15, -0.1) is 0 Å². The Hall–Kier alpha value is -5.22. The third kappa shape index (κ3) is 9.03. The summed E-state index contributed by atoms with van der Waals surface area (Å²) in [7, 11) is 0. The number of fused-ring (bicyclic) bond motifs is 2. The van der Waals surface area contributed by atoms with Crippen LogP contribution < -0.4 is 18.9 Å². The summed E-state index contributed by atoms with van der Waals surface area (Å²) in [6, 6.07) is 35.0. The van der Waals surface area contributed by atoms with Gasteiger partial charge >= 0.3 is 0 Å². The number of benzene rings is 4. The molecule has 0 N–H and O–H groups in total. The molecule has 252 valence electrons. The molecule has 6 aromatic rings. The molecule has 0 unspecified atom stereocenters. The van der Waals surface area contributed by atoms with E-state index < -0.39 is 0 Å². The molecule has 0 fully saturated rings. The molecule has 49 heavy (non-hydrogen) atoms. The lowest BCUT2D eigenvalue weighted by Gasteiger charge is -2.13. The van der Waals surface area contributed by atoms with Crippen LogP contribution in [0.3, 0.4) is 0 Å². The topological polar surface area (TPSA) is 100 Å². The molecular weight excluding hydrogens is 620 g/mol. The maximum absolute atomic E-state index is 12.6. The second-order valence-corrected chi connectivity index (χ2v) is 11.5. The van der Waals surface area contributed by atoms with E-state index in [0.717, 1.165) is 53.6 Å². The third-order valence-corrected chi connectivity index (χ3v) is 8.23. The van der Waals surface area contributed by atoms with Crippen LogP contribution in [0.25, 0.3) is 21.5 Å². The van der Waals surface area contributed by atoms with Crippen LogP contribution in [-0.4, -0.2) is 52.9 Å². The van der Waals surface area contributed by atoms with Crippen LogP contribution >= 0.6 is 0 Å².